The minimum absolute atomic E-state index is 0.0112. The highest BCUT2D eigenvalue weighted by Gasteiger charge is 2.59. The molecule has 0 bridgehead atoms. The van der Waals surface area contributed by atoms with Crippen molar-refractivity contribution in [1.82, 2.24) is 5.32 Å². The van der Waals surface area contributed by atoms with Crippen molar-refractivity contribution in [3.05, 3.63) is 82.4 Å². The number of carbonyl (C=O) groups excluding carboxylic acids is 3. The van der Waals surface area contributed by atoms with Crippen LogP contribution in [-0.4, -0.2) is 29.8 Å². The fraction of sp³-hybridized carbons (Fsp3) is 0.300. The van der Waals surface area contributed by atoms with Gasteiger partial charge < -0.3 is 21.7 Å². The molecular weight excluding hydrogens is 538 g/mol. The molecule has 5 rings (SSSR count). The van der Waals surface area contributed by atoms with Gasteiger partial charge in [-0.3, -0.25) is 14.4 Å². The number of amides is 3. The fourth-order valence-corrected chi connectivity index (χ4v) is 5.91. The molecule has 3 aromatic carbocycles. The molecule has 3 amide bonds. The van der Waals surface area contributed by atoms with Gasteiger partial charge in [-0.25, -0.2) is 8.78 Å². The number of hydrogen-bond donors (Lipinski definition) is 4. The molecule has 3 atom stereocenters. The average Bonchev–Trinajstić information content (AvgIpc) is 3.38. The summed E-state index contributed by atoms with van der Waals surface area (Å²) in [5.41, 5.74) is 5.82. The molecule has 0 aromatic heterocycles. The number of hydrogen-bond acceptors (Lipinski definition) is 4. The van der Waals surface area contributed by atoms with Gasteiger partial charge >= 0.3 is 0 Å². The van der Waals surface area contributed by atoms with Crippen molar-refractivity contribution in [2.75, 3.05) is 10.6 Å². The quantitative estimate of drug-likeness (QED) is 0.332. The van der Waals surface area contributed by atoms with Gasteiger partial charge in [0, 0.05) is 22.9 Å². The van der Waals surface area contributed by atoms with Gasteiger partial charge in [-0.1, -0.05) is 50.6 Å². The molecule has 0 aliphatic carbocycles. The molecule has 3 aromatic rings. The van der Waals surface area contributed by atoms with E-state index >= 15 is 0 Å². The lowest BCUT2D eigenvalue weighted by atomic mass is 9.69. The Labute approximate surface area is 235 Å². The number of primary amides is 1. The van der Waals surface area contributed by atoms with Crippen LogP contribution in [0.3, 0.4) is 0 Å². The molecule has 40 heavy (non-hydrogen) atoms. The molecule has 208 valence electrons. The number of nitrogens with two attached hydrogens (primary N) is 1. The smallest absolute Gasteiger partial charge is 0.248 e. The minimum Gasteiger partial charge on any atom is -0.366 e. The second-order valence-electron chi connectivity index (χ2n) is 11.6. The third-order valence-electron chi connectivity index (χ3n) is 7.58. The minimum atomic E-state index is -1.13. The van der Waals surface area contributed by atoms with Gasteiger partial charge in [-0.05, 0) is 65.8 Å². The first kappa shape index (κ1) is 27.7. The third kappa shape index (κ3) is 4.84. The maximum absolute atomic E-state index is 14.9. The Hall–Kier alpha value is -3.82. The van der Waals surface area contributed by atoms with Gasteiger partial charge in [0.2, 0.25) is 17.7 Å². The van der Waals surface area contributed by atoms with E-state index < -0.39 is 40.9 Å². The fourth-order valence-electron chi connectivity index (χ4n) is 5.73. The zero-order valence-electron chi connectivity index (χ0n) is 22.2. The van der Waals surface area contributed by atoms with Crippen LogP contribution in [0.25, 0.3) is 11.1 Å². The van der Waals surface area contributed by atoms with E-state index in [1.807, 2.05) is 20.8 Å². The predicted molar refractivity (Wildman–Crippen MR) is 150 cm³/mol. The largest absolute Gasteiger partial charge is 0.366 e. The number of fused-ring (bicyclic) bond motifs is 2. The lowest BCUT2D eigenvalue weighted by Gasteiger charge is -2.33. The van der Waals surface area contributed by atoms with Crippen LogP contribution in [-0.2, 0) is 15.0 Å². The predicted octanol–water partition coefficient (Wildman–Crippen LogP) is 5.38. The van der Waals surface area contributed by atoms with Crippen LogP contribution in [0, 0.1) is 17.0 Å². The monoisotopic (exact) mass is 566 g/mol. The molecule has 1 spiro atoms. The number of carbonyl (C=O) groups is 3. The second kappa shape index (κ2) is 9.98. The van der Waals surface area contributed by atoms with Crippen LogP contribution in [0.2, 0.25) is 5.02 Å². The third-order valence-corrected chi connectivity index (χ3v) is 7.88. The van der Waals surface area contributed by atoms with E-state index in [1.165, 1.54) is 18.2 Å². The lowest BCUT2D eigenvalue weighted by Crippen LogP contribution is -2.48. The maximum Gasteiger partial charge on any atom is 0.248 e. The van der Waals surface area contributed by atoms with E-state index in [0.717, 1.165) is 6.07 Å². The first-order valence-electron chi connectivity index (χ1n) is 12.9. The summed E-state index contributed by atoms with van der Waals surface area (Å²) in [4.78, 5) is 38.5. The van der Waals surface area contributed by atoms with Gasteiger partial charge in [0.05, 0.1) is 22.2 Å². The Kier molecular flexibility index (Phi) is 6.92. The summed E-state index contributed by atoms with van der Waals surface area (Å²) in [7, 11) is 0. The second-order valence-corrected chi connectivity index (χ2v) is 12.0. The van der Waals surface area contributed by atoms with Crippen LogP contribution in [0.4, 0.5) is 20.2 Å². The Bertz CT molecular complexity index is 1550. The Morgan fingerprint density at radius 2 is 1.88 bits per heavy atom. The van der Waals surface area contributed by atoms with Crippen LogP contribution in [0.15, 0.2) is 54.6 Å². The van der Waals surface area contributed by atoms with Crippen LogP contribution >= 0.6 is 11.6 Å². The van der Waals surface area contributed by atoms with E-state index in [9.17, 15) is 23.2 Å². The van der Waals surface area contributed by atoms with Gasteiger partial charge in [0.1, 0.15) is 11.6 Å². The molecule has 10 heteroatoms. The zero-order valence-corrected chi connectivity index (χ0v) is 23.0. The van der Waals surface area contributed by atoms with Crippen molar-refractivity contribution in [3.8, 4) is 11.1 Å². The van der Waals surface area contributed by atoms with Gasteiger partial charge in [0.15, 0.2) is 0 Å². The normalized spacial score (nSPS) is 21.8. The number of rotatable bonds is 5. The van der Waals surface area contributed by atoms with Crippen LogP contribution in [0.1, 0.15) is 49.5 Å². The molecule has 0 saturated carbocycles. The summed E-state index contributed by atoms with van der Waals surface area (Å²) in [6.07, 6.45) is 0.641. The van der Waals surface area contributed by atoms with Crippen molar-refractivity contribution < 1.29 is 23.2 Å². The molecule has 0 radical (unpaired) electrons. The summed E-state index contributed by atoms with van der Waals surface area (Å²) >= 11 is 6.03. The Balaban J connectivity index is 1.53. The number of benzene rings is 3. The Morgan fingerprint density at radius 3 is 2.55 bits per heavy atom. The summed E-state index contributed by atoms with van der Waals surface area (Å²) in [5, 5.41) is 8.85. The summed E-state index contributed by atoms with van der Waals surface area (Å²) in [5.74, 6) is -2.95. The molecule has 1 saturated heterocycles. The highest BCUT2D eigenvalue weighted by Crippen LogP contribution is 2.50. The zero-order chi connectivity index (χ0) is 29.0. The molecule has 2 aliphatic heterocycles. The molecule has 2 aliphatic rings. The topological polar surface area (TPSA) is 113 Å². The standard InChI is InChI=1S/C30H29ClF2N4O3/c1-29(2,3)14-24-30(13-23(35-24)27(39)36-22-10-8-16(26(34)38)12-20(22)32)18-11-15(7-9-21(18)37-28(30)40)17-5-4-6-19(31)25(17)33/h4-12,23-24,35H,13-14H2,1-3H3,(H2,34,38)(H,36,39)(H,37,40). The van der Waals surface area contributed by atoms with Crippen molar-refractivity contribution in [3.63, 3.8) is 0 Å². The maximum atomic E-state index is 14.9. The van der Waals surface area contributed by atoms with Crippen LogP contribution in [0.5, 0.6) is 0 Å². The van der Waals surface area contributed by atoms with Crippen molar-refractivity contribution in [2.24, 2.45) is 11.1 Å². The van der Waals surface area contributed by atoms with Gasteiger partial charge in [-0.2, -0.15) is 0 Å². The molecular formula is C30H29ClF2N4O3. The van der Waals surface area contributed by atoms with E-state index in [0.29, 0.717) is 28.8 Å². The summed E-state index contributed by atoms with van der Waals surface area (Å²) in [6.45, 7) is 6.12. The van der Waals surface area contributed by atoms with E-state index in [-0.39, 0.29) is 34.0 Å². The van der Waals surface area contributed by atoms with E-state index in [1.54, 1.807) is 30.3 Å². The highest BCUT2D eigenvalue weighted by atomic mass is 35.5. The van der Waals surface area contributed by atoms with Gasteiger partial charge in [-0.15, -0.1) is 0 Å². The molecule has 2 heterocycles. The Morgan fingerprint density at radius 1 is 1.12 bits per heavy atom. The summed E-state index contributed by atoms with van der Waals surface area (Å²) < 4.78 is 29.6. The first-order valence-corrected chi connectivity index (χ1v) is 13.2. The average molecular weight is 567 g/mol. The van der Waals surface area contributed by atoms with Crippen LogP contribution < -0.4 is 21.7 Å². The number of nitrogens with one attached hydrogen (secondary N) is 3. The highest BCUT2D eigenvalue weighted by molar-refractivity contribution is 6.31. The molecule has 5 N–H and O–H groups in total. The molecule has 7 nitrogen and oxygen atoms in total. The number of halogens is 3. The van der Waals surface area contributed by atoms with Gasteiger partial charge in [0.25, 0.3) is 0 Å². The van der Waals surface area contributed by atoms with Crippen molar-refractivity contribution in [2.45, 2.75) is 51.1 Å². The van der Waals surface area contributed by atoms with E-state index in [4.69, 9.17) is 17.3 Å². The SMILES string of the molecule is CC(C)(C)CC1NC(C(=O)Nc2ccc(C(N)=O)cc2F)CC12C(=O)Nc1ccc(-c3cccc(Cl)c3F)cc12. The molecule has 1 fully saturated rings. The van der Waals surface area contributed by atoms with E-state index in [2.05, 4.69) is 16.0 Å². The lowest BCUT2D eigenvalue weighted by molar-refractivity contribution is -0.121. The van der Waals surface area contributed by atoms with Crippen molar-refractivity contribution in [1.29, 1.82) is 0 Å². The molecule has 3 unspecified atom stereocenters. The summed E-state index contributed by atoms with van der Waals surface area (Å²) in [6, 6.07) is 12.2. The van der Waals surface area contributed by atoms with Crippen molar-refractivity contribution >= 4 is 40.7 Å². The number of anilines is 2. The first-order chi connectivity index (χ1) is 18.8.